The van der Waals surface area contributed by atoms with Crippen molar-refractivity contribution >= 4 is 11.9 Å². The van der Waals surface area contributed by atoms with Gasteiger partial charge in [-0.25, -0.2) is 4.79 Å². The highest BCUT2D eigenvalue weighted by Crippen LogP contribution is 2.18. The number of hydrogen-bond acceptors (Lipinski definition) is 4. The Labute approximate surface area is 123 Å². The summed E-state index contributed by atoms with van der Waals surface area (Å²) in [7, 11) is 0. The number of aliphatic carboxylic acids is 1. The molecule has 0 heterocycles. The highest BCUT2D eigenvalue weighted by molar-refractivity contribution is 5.86. The zero-order valence-electron chi connectivity index (χ0n) is 12.0. The average molecular weight is 290 g/mol. The van der Waals surface area contributed by atoms with E-state index in [1.165, 1.54) is 6.92 Å². The van der Waals surface area contributed by atoms with Crippen molar-refractivity contribution in [1.29, 1.82) is 5.26 Å². The number of amides is 1. The van der Waals surface area contributed by atoms with Crippen LogP contribution >= 0.6 is 0 Å². The summed E-state index contributed by atoms with van der Waals surface area (Å²) in [4.78, 5) is 23.0. The lowest BCUT2D eigenvalue weighted by Crippen LogP contribution is -2.46. The van der Waals surface area contributed by atoms with Gasteiger partial charge in [0.05, 0.1) is 5.56 Å². The molecule has 112 valence electrons. The fourth-order valence-corrected chi connectivity index (χ4v) is 1.74. The maximum atomic E-state index is 12.0. The summed E-state index contributed by atoms with van der Waals surface area (Å²) in [5.74, 6) is -1.30. The standard InChI is InChI=1S/C15H18N2O4/c1-3-6-12(15(19)20)17-14(18)10(2)21-13-8-5-4-7-11(13)9-16/h4-5,7-8,10,12H,3,6H2,1-2H3,(H,17,18)(H,19,20). The minimum absolute atomic E-state index is 0.296. The van der Waals surface area contributed by atoms with Crippen molar-refractivity contribution in [2.24, 2.45) is 0 Å². The van der Waals surface area contributed by atoms with E-state index >= 15 is 0 Å². The van der Waals surface area contributed by atoms with E-state index in [0.717, 1.165) is 0 Å². The number of ether oxygens (including phenoxy) is 1. The fourth-order valence-electron chi connectivity index (χ4n) is 1.74. The van der Waals surface area contributed by atoms with Crippen molar-refractivity contribution in [3.8, 4) is 11.8 Å². The third-order valence-electron chi connectivity index (χ3n) is 2.87. The van der Waals surface area contributed by atoms with Crippen molar-refractivity contribution < 1.29 is 19.4 Å². The lowest BCUT2D eigenvalue weighted by Gasteiger charge is -2.18. The number of carbonyl (C=O) groups excluding carboxylic acids is 1. The van der Waals surface area contributed by atoms with Crippen LogP contribution in [0.25, 0.3) is 0 Å². The molecule has 0 aliphatic rings. The SMILES string of the molecule is CCCC(NC(=O)C(C)Oc1ccccc1C#N)C(=O)O. The molecule has 1 amide bonds. The molecular weight excluding hydrogens is 272 g/mol. The second kappa shape index (κ2) is 7.90. The van der Waals surface area contributed by atoms with E-state index in [1.54, 1.807) is 24.3 Å². The lowest BCUT2D eigenvalue weighted by molar-refractivity contribution is -0.143. The summed E-state index contributed by atoms with van der Waals surface area (Å²) in [6.07, 6.45) is 0.102. The molecular formula is C15H18N2O4. The third kappa shape index (κ3) is 4.80. The van der Waals surface area contributed by atoms with E-state index in [1.807, 2.05) is 13.0 Å². The third-order valence-corrected chi connectivity index (χ3v) is 2.87. The summed E-state index contributed by atoms with van der Waals surface area (Å²) in [5, 5.41) is 20.4. The molecule has 0 spiro atoms. The van der Waals surface area contributed by atoms with Gasteiger partial charge in [-0.3, -0.25) is 4.79 Å². The normalized spacial score (nSPS) is 12.8. The molecule has 2 atom stereocenters. The van der Waals surface area contributed by atoms with Gasteiger partial charge in [0.15, 0.2) is 6.10 Å². The molecule has 6 heteroatoms. The molecule has 0 aliphatic carbocycles. The van der Waals surface area contributed by atoms with Crippen molar-refractivity contribution in [3.05, 3.63) is 29.8 Å². The highest BCUT2D eigenvalue weighted by atomic mass is 16.5. The molecule has 2 unspecified atom stereocenters. The van der Waals surface area contributed by atoms with Crippen LogP contribution in [0.4, 0.5) is 0 Å². The Kier molecular flexibility index (Phi) is 6.21. The van der Waals surface area contributed by atoms with Gasteiger partial charge in [-0.05, 0) is 25.5 Å². The highest BCUT2D eigenvalue weighted by Gasteiger charge is 2.23. The van der Waals surface area contributed by atoms with E-state index in [0.29, 0.717) is 24.2 Å². The topological polar surface area (TPSA) is 99.4 Å². The molecule has 0 bridgehead atoms. The minimum Gasteiger partial charge on any atom is -0.480 e. The van der Waals surface area contributed by atoms with Crippen molar-refractivity contribution in [2.75, 3.05) is 0 Å². The second-order valence-corrected chi connectivity index (χ2v) is 4.56. The molecule has 21 heavy (non-hydrogen) atoms. The maximum absolute atomic E-state index is 12.0. The monoisotopic (exact) mass is 290 g/mol. The van der Waals surface area contributed by atoms with Gasteiger partial charge in [0.25, 0.3) is 5.91 Å². The van der Waals surface area contributed by atoms with Gasteiger partial charge in [-0.1, -0.05) is 25.5 Å². The molecule has 0 aliphatic heterocycles. The fraction of sp³-hybridized carbons (Fsp3) is 0.400. The summed E-state index contributed by atoms with van der Waals surface area (Å²) < 4.78 is 5.43. The molecule has 0 fully saturated rings. The summed E-state index contributed by atoms with van der Waals surface area (Å²) in [6.45, 7) is 3.35. The number of nitrogens with one attached hydrogen (secondary N) is 1. The van der Waals surface area contributed by atoms with Gasteiger partial charge in [-0.2, -0.15) is 5.26 Å². The van der Waals surface area contributed by atoms with Crippen LogP contribution in [0.1, 0.15) is 32.3 Å². The average Bonchev–Trinajstić information content (AvgIpc) is 2.47. The number of carbonyl (C=O) groups is 2. The first kappa shape index (κ1) is 16.5. The molecule has 2 N–H and O–H groups in total. The van der Waals surface area contributed by atoms with Crippen molar-refractivity contribution in [3.63, 3.8) is 0 Å². The Hall–Kier alpha value is -2.55. The summed E-state index contributed by atoms with van der Waals surface area (Å²) in [6, 6.07) is 7.59. The van der Waals surface area contributed by atoms with Crippen LogP contribution in [0.5, 0.6) is 5.75 Å². The zero-order chi connectivity index (χ0) is 15.8. The molecule has 1 aromatic rings. The maximum Gasteiger partial charge on any atom is 0.326 e. The van der Waals surface area contributed by atoms with Crippen LogP contribution < -0.4 is 10.1 Å². The van der Waals surface area contributed by atoms with Crippen molar-refractivity contribution in [1.82, 2.24) is 5.32 Å². The summed E-state index contributed by atoms with van der Waals surface area (Å²) in [5.41, 5.74) is 0.320. The number of nitrogens with zero attached hydrogens (tertiary/aromatic N) is 1. The number of rotatable bonds is 7. The molecule has 1 rings (SSSR count). The number of carboxylic acid groups (broad SMARTS) is 1. The lowest BCUT2D eigenvalue weighted by atomic mass is 10.1. The van der Waals surface area contributed by atoms with Gasteiger partial charge < -0.3 is 15.2 Å². The first-order chi connectivity index (χ1) is 9.99. The van der Waals surface area contributed by atoms with Gasteiger partial charge in [0.1, 0.15) is 17.9 Å². The van der Waals surface area contributed by atoms with Crippen LogP contribution in [0, 0.1) is 11.3 Å². The molecule has 0 saturated heterocycles. The molecule has 0 saturated carbocycles. The van der Waals surface area contributed by atoms with Gasteiger partial charge in [0, 0.05) is 0 Å². The Morgan fingerprint density at radius 1 is 1.43 bits per heavy atom. The Morgan fingerprint density at radius 3 is 2.67 bits per heavy atom. The van der Waals surface area contributed by atoms with Crippen LogP contribution in [0.2, 0.25) is 0 Å². The first-order valence-corrected chi connectivity index (χ1v) is 6.68. The number of hydrogen-bond donors (Lipinski definition) is 2. The van der Waals surface area contributed by atoms with E-state index in [-0.39, 0.29) is 0 Å². The number of para-hydroxylation sites is 1. The van der Waals surface area contributed by atoms with E-state index in [2.05, 4.69) is 5.32 Å². The molecule has 0 aromatic heterocycles. The number of carboxylic acids is 1. The second-order valence-electron chi connectivity index (χ2n) is 4.56. The van der Waals surface area contributed by atoms with Gasteiger partial charge in [-0.15, -0.1) is 0 Å². The molecule has 6 nitrogen and oxygen atoms in total. The quantitative estimate of drug-likeness (QED) is 0.796. The first-order valence-electron chi connectivity index (χ1n) is 6.68. The van der Waals surface area contributed by atoms with Gasteiger partial charge in [0.2, 0.25) is 0 Å². The van der Waals surface area contributed by atoms with Crippen LogP contribution in [0.3, 0.4) is 0 Å². The number of nitriles is 1. The molecule has 1 aromatic carbocycles. The van der Waals surface area contributed by atoms with Crippen LogP contribution in [-0.2, 0) is 9.59 Å². The predicted octanol–water partition coefficient (Wildman–Crippen LogP) is 1.70. The largest absolute Gasteiger partial charge is 0.480 e. The predicted molar refractivity (Wildman–Crippen MR) is 75.7 cm³/mol. The zero-order valence-corrected chi connectivity index (χ0v) is 12.0. The Bertz CT molecular complexity index is 551. The van der Waals surface area contributed by atoms with E-state index in [4.69, 9.17) is 15.1 Å². The Morgan fingerprint density at radius 2 is 2.10 bits per heavy atom. The number of benzene rings is 1. The van der Waals surface area contributed by atoms with Crippen molar-refractivity contribution in [2.45, 2.75) is 38.8 Å². The summed E-state index contributed by atoms with van der Waals surface area (Å²) >= 11 is 0. The van der Waals surface area contributed by atoms with Crippen LogP contribution in [-0.4, -0.2) is 29.1 Å². The molecule has 0 radical (unpaired) electrons. The minimum atomic E-state index is -1.07. The van der Waals surface area contributed by atoms with Crippen LogP contribution in [0.15, 0.2) is 24.3 Å². The Balaban J connectivity index is 2.70. The van der Waals surface area contributed by atoms with E-state index < -0.39 is 24.0 Å². The van der Waals surface area contributed by atoms with E-state index in [9.17, 15) is 9.59 Å². The smallest absolute Gasteiger partial charge is 0.326 e. The van der Waals surface area contributed by atoms with Gasteiger partial charge >= 0.3 is 5.97 Å².